The highest BCUT2D eigenvalue weighted by Crippen LogP contribution is 2.33. The highest BCUT2D eigenvalue weighted by molar-refractivity contribution is 8.00. The molecule has 5 nitrogen and oxygen atoms in total. The molecule has 3 atom stereocenters. The maximum atomic E-state index is 11.1. The molecule has 2 aliphatic rings. The van der Waals surface area contributed by atoms with Crippen LogP contribution in [0.5, 0.6) is 0 Å². The van der Waals surface area contributed by atoms with E-state index in [1.807, 2.05) is 11.8 Å². The maximum absolute atomic E-state index is 11.1. The molecule has 2 heterocycles. The Bertz CT molecular complexity index is 303. The molecule has 92 valence electrons. The van der Waals surface area contributed by atoms with Crippen LogP contribution in [0, 0.1) is 0 Å². The average molecular weight is 269 g/mol. The van der Waals surface area contributed by atoms with Crippen LogP contribution in [0.25, 0.3) is 0 Å². The van der Waals surface area contributed by atoms with Crippen LogP contribution < -0.4 is 10.6 Å². The zero-order valence-electron chi connectivity index (χ0n) is 9.65. The highest BCUT2D eigenvalue weighted by Gasteiger charge is 2.42. The molecule has 2 saturated heterocycles. The molecule has 17 heavy (non-hydrogen) atoms. The Balaban J connectivity index is 0.00000144. The zero-order valence-corrected chi connectivity index (χ0v) is 11.9. The van der Waals surface area contributed by atoms with Crippen molar-refractivity contribution in [3.63, 3.8) is 0 Å². The van der Waals surface area contributed by atoms with E-state index < -0.39 is 5.97 Å². The standard InChI is InChI=1S/C10H16N2O3S.Mg/c13-8(14)4-2-1-3-7-9-6(5-16-7)11-10(15)12-9;/h6-7,9H,1-5H2,(H,13,14)(H2,11,12,15);/t6-,7-,9-;/m0./s1. The number of carbonyl (C=O) groups excluding carboxylic acids is 1. The summed E-state index contributed by atoms with van der Waals surface area (Å²) in [7, 11) is 0. The van der Waals surface area contributed by atoms with Crippen molar-refractivity contribution < 1.29 is 14.7 Å². The second kappa shape index (κ2) is 6.70. The lowest BCUT2D eigenvalue weighted by Crippen LogP contribution is -2.36. The Hall–Kier alpha value is -0.144. The van der Waals surface area contributed by atoms with E-state index in [-0.39, 0.29) is 47.6 Å². The molecule has 2 rings (SSSR count). The number of carbonyl (C=O) groups is 2. The first-order valence-electron chi connectivity index (χ1n) is 5.57. The number of rotatable bonds is 5. The van der Waals surface area contributed by atoms with Crippen molar-refractivity contribution >= 4 is 46.8 Å². The SMILES string of the molecule is O=C(O)CCCC[C@@H]1SC[C@@H]2NC(=O)N[C@@H]21.[Mg]. The fourth-order valence-corrected chi connectivity index (χ4v) is 3.81. The smallest absolute Gasteiger partial charge is 0.315 e. The minimum absolute atomic E-state index is 0. The van der Waals surface area contributed by atoms with E-state index in [0.717, 1.165) is 25.0 Å². The molecule has 0 aromatic carbocycles. The average Bonchev–Trinajstić information content (AvgIpc) is 2.72. The zero-order chi connectivity index (χ0) is 11.5. The Morgan fingerprint density at radius 1 is 1.41 bits per heavy atom. The van der Waals surface area contributed by atoms with Gasteiger partial charge in [-0.25, -0.2) is 4.79 Å². The molecule has 2 fully saturated rings. The van der Waals surface area contributed by atoms with E-state index in [0.29, 0.717) is 5.25 Å². The van der Waals surface area contributed by atoms with Gasteiger partial charge in [0, 0.05) is 40.5 Å². The molecule has 2 amide bonds. The fourth-order valence-electron chi connectivity index (χ4n) is 2.26. The number of carboxylic acids is 1. The number of thioether (sulfide) groups is 1. The molecule has 7 heteroatoms. The number of amides is 2. The summed E-state index contributed by atoms with van der Waals surface area (Å²) in [4.78, 5) is 21.5. The van der Waals surface area contributed by atoms with Crippen molar-refractivity contribution in [1.29, 1.82) is 0 Å². The third-order valence-electron chi connectivity index (χ3n) is 3.07. The van der Waals surface area contributed by atoms with Crippen molar-refractivity contribution in [3.05, 3.63) is 0 Å². The number of carboxylic acid groups (broad SMARTS) is 1. The summed E-state index contributed by atoms with van der Waals surface area (Å²) in [6.07, 6.45) is 2.88. The predicted octanol–water partition coefficient (Wildman–Crippen LogP) is 0.416. The van der Waals surface area contributed by atoms with Crippen LogP contribution in [0.3, 0.4) is 0 Å². The largest absolute Gasteiger partial charge is 0.481 e. The lowest BCUT2D eigenvalue weighted by Gasteiger charge is -2.16. The number of hydrogen-bond donors (Lipinski definition) is 3. The third-order valence-corrected chi connectivity index (χ3v) is 4.58. The predicted molar refractivity (Wildman–Crippen MR) is 67.3 cm³/mol. The maximum Gasteiger partial charge on any atom is 0.315 e. The Kier molecular flexibility index (Phi) is 5.88. The quantitative estimate of drug-likeness (QED) is 0.383. The Morgan fingerprint density at radius 3 is 2.88 bits per heavy atom. The van der Waals surface area contributed by atoms with Crippen LogP contribution in [-0.4, -0.2) is 63.2 Å². The minimum atomic E-state index is -0.729. The van der Waals surface area contributed by atoms with Crippen molar-refractivity contribution in [1.82, 2.24) is 10.6 Å². The lowest BCUT2D eigenvalue weighted by atomic mass is 10.0. The van der Waals surface area contributed by atoms with E-state index in [9.17, 15) is 9.59 Å². The molecule has 0 spiro atoms. The second-order valence-electron chi connectivity index (χ2n) is 4.26. The van der Waals surface area contributed by atoms with Gasteiger partial charge in [0.1, 0.15) is 0 Å². The molecule has 0 saturated carbocycles. The first-order chi connectivity index (χ1) is 7.66. The Labute approximate surface area is 121 Å². The summed E-state index contributed by atoms with van der Waals surface area (Å²) in [5, 5.41) is 14.8. The van der Waals surface area contributed by atoms with Gasteiger partial charge in [0.2, 0.25) is 0 Å². The van der Waals surface area contributed by atoms with Gasteiger partial charge < -0.3 is 15.7 Å². The molecule has 3 N–H and O–H groups in total. The van der Waals surface area contributed by atoms with E-state index in [1.165, 1.54) is 0 Å². The molecular formula is C10H16MgN2O3S. The summed E-state index contributed by atoms with van der Waals surface area (Å²) in [5.41, 5.74) is 0. The first-order valence-corrected chi connectivity index (χ1v) is 6.62. The van der Waals surface area contributed by atoms with Gasteiger partial charge in [-0.05, 0) is 12.8 Å². The van der Waals surface area contributed by atoms with Gasteiger partial charge in [0.05, 0.1) is 12.1 Å². The van der Waals surface area contributed by atoms with Gasteiger partial charge in [-0.2, -0.15) is 11.8 Å². The number of aliphatic carboxylic acids is 1. The normalized spacial score (nSPS) is 30.1. The van der Waals surface area contributed by atoms with Crippen molar-refractivity contribution in [2.45, 2.75) is 43.0 Å². The van der Waals surface area contributed by atoms with Gasteiger partial charge in [-0.1, -0.05) is 6.42 Å². The van der Waals surface area contributed by atoms with Crippen LogP contribution in [-0.2, 0) is 4.79 Å². The fraction of sp³-hybridized carbons (Fsp3) is 0.800. The van der Waals surface area contributed by atoms with Crippen LogP contribution in [0.15, 0.2) is 0 Å². The number of hydrogen-bond acceptors (Lipinski definition) is 3. The van der Waals surface area contributed by atoms with Gasteiger partial charge in [-0.15, -0.1) is 0 Å². The summed E-state index contributed by atoms with van der Waals surface area (Å²) in [6.45, 7) is 0. The lowest BCUT2D eigenvalue weighted by molar-refractivity contribution is -0.137. The van der Waals surface area contributed by atoms with Crippen molar-refractivity contribution in [3.8, 4) is 0 Å². The number of fused-ring (bicyclic) bond motifs is 1. The summed E-state index contributed by atoms with van der Waals surface area (Å²) in [6, 6.07) is 0.440. The molecule has 0 bridgehead atoms. The molecule has 2 radical (unpaired) electrons. The monoisotopic (exact) mass is 268 g/mol. The topological polar surface area (TPSA) is 78.4 Å². The van der Waals surface area contributed by atoms with Gasteiger partial charge in [-0.3, -0.25) is 4.79 Å². The highest BCUT2D eigenvalue weighted by atomic mass is 32.2. The van der Waals surface area contributed by atoms with E-state index in [1.54, 1.807) is 0 Å². The van der Waals surface area contributed by atoms with E-state index >= 15 is 0 Å². The molecule has 0 unspecified atom stereocenters. The molecular weight excluding hydrogens is 252 g/mol. The molecule has 2 aliphatic heterocycles. The van der Waals surface area contributed by atoms with Crippen LogP contribution in [0.4, 0.5) is 4.79 Å². The van der Waals surface area contributed by atoms with Crippen molar-refractivity contribution in [2.24, 2.45) is 0 Å². The van der Waals surface area contributed by atoms with Gasteiger partial charge >= 0.3 is 12.0 Å². The Morgan fingerprint density at radius 2 is 2.18 bits per heavy atom. The molecule has 0 aromatic heterocycles. The number of urea groups is 1. The third kappa shape index (κ3) is 3.92. The van der Waals surface area contributed by atoms with E-state index in [4.69, 9.17) is 5.11 Å². The second-order valence-corrected chi connectivity index (χ2v) is 5.53. The number of nitrogens with one attached hydrogen (secondary N) is 2. The summed E-state index contributed by atoms with van der Waals surface area (Å²) < 4.78 is 0. The van der Waals surface area contributed by atoms with Crippen molar-refractivity contribution in [2.75, 3.05) is 5.75 Å². The molecule has 0 aliphatic carbocycles. The summed E-state index contributed by atoms with van der Waals surface area (Å²) >= 11 is 1.87. The van der Waals surface area contributed by atoms with Gasteiger partial charge in [0.15, 0.2) is 0 Å². The van der Waals surface area contributed by atoms with E-state index in [2.05, 4.69) is 10.6 Å². The van der Waals surface area contributed by atoms with Crippen LogP contribution >= 0.6 is 11.8 Å². The van der Waals surface area contributed by atoms with Crippen LogP contribution in [0.2, 0.25) is 0 Å². The molecule has 0 aromatic rings. The minimum Gasteiger partial charge on any atom is -0.481 e. The summed E-state index contributed by atoms with van der Waals surface area (Å²) in [5.74, 6) is 0.236. The number of unbranched alkanes of at least 4 members (excludes halogenated alkanes) is 1. The van der Waals surface area contributed by atoms with Gasteiger partial charge in [0.25, 0.3) is 0 Å². The first kappa shape index (κ1) is 14.9. The van der Waals surface area contributed by atoms with Crippen LogP contribution in [0.1, 0.15) is 25.7 Å².